The smallest absolute Gasteiger partial charge is 0.315 e. The number of nitrogens with one attached hydrogen (secondary N) is 3. The maximum Gasteiger partial charge on any atom is 0.315 e. The van der Waals surface area contributed by atoms with Crippen LogP contribution in [-0.4, -0.2) is 93.6 Å². The number of urea groups is 1. The molecule has 6 aromatic rings. The number of anilines is 2. The van der Waals surface area contributed by atoms with Crippen molar-refractivity contribution in [1.82, 2.24) is 50.1 Å². The van der Waals surface area contributed by atoms with Gasteiger partial charge in [0.1, 0.15) is 18.2 Å². The highest BCUT2D eigenvalue weighted by atomic mass is 16.3. The summed E-state index contributed by atoms with van der Waals surface area (Å²) in [4.78, 5) is 35.3. The minimum atomic E-state index is -1.11. The number of imidazole rings is 1. The van der Waals surface area contributed by atoms with Gasteiger partial charge in [0.25, 0.3) is 0 Å². The number of carbonyl (C=O) groups excluding carboxylic acids is 1. The van der Waals surface area contributed by atoms with Gasteiger partial charge in [0, 0.05) is 50.5 Å². The van der Waals surface area contributed by atoms with E-state index in [2.05, 4.69) is 60.3 Å². The number of aromatic nitrogens is 8. The van der Waals surface area contributed by atoms with Crippen LogP contribution in [0, 0.1) is 0 Å². The zero-order valence-corrected chi connectivity index (χ0v) is 30.0. The third kappa shape index (κ3) is 7.32. The molecule has 2 aromatic carbocycles. The van der Waals surface area contributed by atoms with E-state index >= 15 is 0 Å². The number of benzene rings is 2. The second kappa shape index (κ2) is 15.6. The van der Waals surface area contributed by atoms with Crippen molar-refractivity contribution in [3.8, 4) is 0 Å². The average Bonchev–Trinajstić information content (AvgIpc) is 4.03. The quantitative estimate of drug-likeness (QED) is 0.124. The van der Waals surface area contributed by atoms with Crippen molar-refractivity contribution in [3.63, 3.8) is 0 Å². The van der Waals surface area contributed by atoms with Crippen molar-refractivity contribution in [2.24, 2.45) is 0 Å². The summed E-state index contributed by atoms with van der Waals surface area (Å²) in [5.74, 6) is 1.06. The molecule has 54 heavy (non-hydrogen) atoms. The molecule has 15 nitrogen and oxygen atoms in total. The van der Waals surface area contributed by atoms with Crippen LogP contribution in [-0.2, 0) is 13.0 Å². The molecule has 2 amide bonds. The molecule has 1 aliphatic heterocycles. The molecule has 1 unspecified atom stereocenters. The first-order chi connectivity index (χ1) is 26.4. The summed E-state index contributed by atoms with van der Waals surface area (Å²) < 4.78 is 1.84. The first kappa shape index (κ1) is 35.1. The van der Waals surface area contributed by atoms with E-state index in [1.54, 1.807) is 24.9 Å². The van der Waals surface area contributed by atoms with Crippen LogP contribution in [0.25, 0.3) is 11.2 Å². The number of aliphatic hydroxyl groups excluding tert-OH is 2. The van der Waals surface area contributed by atoms with Gasteiger partial charge in [-0.05, 0) is 48.1 Å². The van der Waals surface area contributed by atoms with Gasteiger partial charge in [-0.15, -0.1) is 0 Å². The number of pyridine rings is 1. The lowest BCUT2D eigenvalue weighted by molar-refractivity contribution is 0.00497. The highest BCUT2D eigenvalue weighted by Gasteiger charge is 2.45. The fraction of sp³-hybridized carbons (Fsp3) is 0.359. The third-order valence-electron chi connectivity index (χ3n) is 10.5. The Morgan fingerprint density at radius 2 is 1.67 bits per heavy atom. The van der Waals surface area contributed by atoms with E-state index in [1.807, 2.05) is 60.0 Å². The predicted octanol–water partition coefficient (Wildman–Crippen LogP) is 3.61. The normalized spacial score (nSPS) is 21.2. The monoisotopic (exact) mass is 728 g/mol. The van der Waals surface area contributed by atoms with Gasteiger partial charge >= 0.3 is 6.03 Å². The minimum Gasteiger partial charge on any atom is -0.388 e. The molecule has 2 fully saturated rings. The lowest BCUT2D eigenvalue weighted by Gasteiger charge is -2.22. The topological polar surface area (TPSA) is 184 Å². The maximum absolute atomic E-state index is 12.8. The van der Waals surface area contributed by atoms with E-state index in [9.17, 15) is 15.0 Å². The van der Waals surface area contributed by atoms with E-state index < -0.39 is 24.3 Å². The molecular formula is C39H44N12O3. The molecule has 2 aliphatic rings. The Kier molecular flexibility index (Phi) is 10.1. The third-order valence-corrected chi connectivity index (χ3v) is 10.5. The van der Waals surface area contributed by atoms with Gasteiger partial charge in [-0.25, -0.2) is 9.78 Å². The molecule has 5 atom stereocenters. The molecule has 1 aliphatic carbocycles. The van der Waals surface area contributed by atoms with Crippen molar-refractivity contribution < 1.29 is 15.0 Å². The number of nitrogens with zero attached hydrogens (tertiary/aromatic N) is 9. The molecule has 8 rings (SSSR count). The van der Waals surface area contributed by atoms with Gasteiger partial charge in [0.2, 0.25) is 5.95 Å². The summed E-state index contributed by atoms with van der Waals surface area (Å²) in [7, 11) is 0. The molecule has 4 aromatic heterocycles. The number of aryl methyl sites for hydroxylation is 1. The highest BCUT2D eigenvalue weighted by Crippen LogP contribution is 2.40. The van der Waals surface area contributed by atoms with Crippen LogP contribution in [0.5, 0.6) is 0 Å². The average molecular weight is 729 g/mol. The number of hydrogen-bond acceptors (Lipinski definition) is 11. The van der Waals surface area contributed by atoms with E-state index in [0.29, 0.717) is 62.0 Å². The fourth-order valence-corrected chi connectivity index (χ4v) is 7.51. The molecule has 0 spiro atoms. The van der Waals surface area contributed by atoms with Crippen LogP contribution in [0.15, 0.2) is 97.7 Å². The molecule has 1 saturated carbocycles. The molecule has 0 bridgehead atoms. The number of rotatable bonds is 12. The Morgan fingerprint density at radius 3 is 2.37 bits per heavy atom. The van der Waals surface area contributed by atoms with E-state index in [0.717, 1.165) is 28.8 Å². The zero-order chi connectivity index (χ0) is 37.0. The number of aliphatic hydroxyl groups is 2. The molecule has 278 valence electrons. The number of fused-ring (bicyclic) bond motifs is 1. The number of hydrogen-bond donors (Lipinski definition) is 5. The van der Waals surface area contributed by atoms with E-state index in [4.69, 9.17) is 15.0 Å². The predicted molar refractivity (Wildman–Crippen MR) is 203 cm³/mol. The van der Waals surface area contributed by atoms with Crippen LogP contribution in [0.4, 0.5) is 16.6 Å². The Balaban J connectivity index is 1.08. The maximum atomic E-state index is 12.8. The number of carbonyl (C=O) groups is 1. The van der Waals surface area contributed by atoms with Crippen molar-refractivity contribution in [2.45, 2.75) is 69.0 Å². The molecule has 15 heteroatoms. The molecule has 5 heterocycles. The van der Waals surface area contributed by atoms with E-state index in [1.165, 1.54) is 4.80 Å². The van der Waals surface area contributed by atoms with Gasteiger partial charge in [-0.3, -0.25) is 4.98 Å². The lowest BCUT2D eigenvalue weighted by Crippen LogP contribution is -2.43. The lowest BCUT2D eigenvalue weighted by atomic mass is 9.91. The van der Waals surface area contributed by atoms with Gasteiger partial charge < -0.3 is 35.6 Å². The number of amides is 2. The van der Waals surface area contributed by atoms with Crippen molar-refractivity contribution in [2.75, 3.05) is 29.9 Å². The summed E-state index contributed by atoms with van der Waals surface area (Å²) >= 11 is 0. The first-order valence-electron chi connectivity index (χ1n) is 18.5. The first-order valence-corrected chi connectivity index (χ1v) is 18.5. The van der Waals surface area contributed by atoms with Crippen LogP contribution < -0.4 is 20.9 Å². The molecule has 5 N–H and O–H groups in total. The van der Waals surface area contributed by atoms with Crippen molar-refractivity contribution in [3.05, 3.63) is 120 Å². The standard InChI is InChI=1S/C39H44N12O3/c1-2-28-21-44-51(48-28)32-19-31(34(52)35(32)53)50-24-43-33-36(41-22-30(26-9-5-3-6-10-26)27-11-7-4-8-12-27)46-38(47-37(33)50)49-18-15-29(23-49)45-39(54)42-20-25-13-16-40-17-14-25/h3-14,16-17,21,24,29-32,34-35,52-53H,2,15,18-20,22-23H2,1H3,(H,41,46,47)(H2,42,45,54)/t29?,31-,32+,34+,35-/m1/s1. The van der Waals surface area contributed by atoms with Gasteiger partial charge in [-0.1, -0.05) is 67.6 Å². The van der Waals surface area contributed by atoms with E-state index in [-0.39, 0.29) is 18.0 Å². The summed E-state index contributed by atoms with van der Waals surface area (Å²) in [5, 5.41) is 41.2. The Labute approximate surface area is 312 Å². The van der Waals surface area contributed by atoms with Crippen LogP contribution in [0.2, 0.25) is 0 Å². The zero-order valence-electron chi connectivity index (χ0n) is 30.0. The fourth-order valence-electron chi connectivity index (χ4n) is 7.51. The van der Waals surface area contributed by atoms with Crippen LogP contribution in [0.1, 0.15) is 60.2 Å². The van der Waals surface area contributed by atoms with Gasteiger partial charge in [-0.2, -0.15) is 25.0 Å². The Hall–Kier alpha value is -5.93. The minimum absolute atomic E-state index is 0.0242. The summed E-state index contributed by atoms with van der Waals surface area (Å²) in [5.41, 5.74) is 5.19. The Morgan fingerprint density at radius 1 is 0.944 bits per heavy atom. The largest absolute Gasteiger partial charge is 0.388 e. The summed E-state index contributed by atoms with van der Waals surface area (Å²) in [6, 6.07) is 23.0. The van der Waals surface area contributed by atoms with Crippen LogP contribution >= 0.6 is 0 Å². The molecule has 1 saturated heterocycles. The second-order valence-corrected chi connectivity index (χ2v) is 13.9. The Bertz CT molecular complexity index is 2120. The summed E-state index contributed by atoms with van der Waals surface area (Å²) in [6.45, 7) is 4.07. The molecule has 0 radical (unpaired) electrons. The SMILES string of the molecule is CCc1cnn([C@H]2C[C@@H](n3cnc4c(NCC(c5ccccc5)c5ccccc5)nc(N5CCC(NC(=O)NCc6ccncc6)C5)nc43)[C@H](O)[C@@H]2O)n1. The highest BCUT2D eigenvalue weighted by molar-refractivity contribution is 5.84. The van der Waals surface area contributed by atoms with Crippen molar-refractivity contribution in [1.29, 1.82) is 0 Å². The molecular weight excluding hydrogens is 685 g/mol. The van der Waals surface area contributed by atoms with Gasteiger partial charge in [0.15, 0.2) is 17.0 Å². The van der Waals surface area contributed by atoms with Crippen LogP contribution in [0.3, 0.4) is 0 Å². The summed E-state index contributed by atoms with van der Waals surface area (Å²) in [6.07, 6.45) is 6.37. The second-order valence-electron chi connectivity index (χ2n) is 13.9. The van der Waals surface area contributed by atoms with Crippen molar-refractivity contribution >= 4 is 29.0 Å². The van der Waals surface area contributed by atoms with Gasteiger partial charge in [0.05, 0.1) is 24.3 Å².